The zero-order chi connectivity index (χ0) is 25.3. The summed E-state index contributed by atoms with van der Waals surface area (Å²) in [5.41, 5.74) is 4.94. The summed E-state index contributed by atoms with van der Waals surface area (Å²) in [6.07, 6.45) is 6.60. The van der Waals surface area contributed by atoms with Gasteiger partial charge in [0.05, 0.1) is 4.47 Å². The Hall–Kier alpha value is -4.08. The first-order chi connectivity index (χ1) is 17.6. The first kappa shape index (κ1) is 25.0. The first-order valence-electron chi connectivity index (χ1n) is 11.6. The second-order valence-electron chi connectivity index (χ2n) is 8.29. The minimum Gasteiger partial charge on any atom is -0.487 e. The van der Waals surface area contributed by atoms with E-state index in [0.717, 1.165) is 43.4 Å². The maximum absolute atomic E-state index is 12.7. The number of carbonyl (C=O) groups is 1. The van der Waals surface area contributed by atoms with Crippen LogP contribution < -0.4 is 10.1 Å². The minimum atomic E-state index is -0.400. The summed E-state index contributed by atoms with van der Waals surface area (Å²) >= 11 is 3.60. The molecule has 0 unspecified atom stereocenters. The average Bonchev–Trinajstić information content (AvgIpc) is 3.30. The monoisotopic (exact) mass is 539 g/mol. The highest BCUT2D eigenvalue weighted by Gasteiger charge is 2.13. The predicted octanol–water partition coefficient (Wildman–Crippen LogP) is 6.50. The summed E-state index contributed by atoms with van der Waals surface area (Å²) in [6.45, 7) is 4.71. The molecule has 2 N–H and O–H groups in total. The van der Waals surface area contributed by atoms with Crippen molar-refractivity contribution in [3.8, 4) is 11.8 Å². The molecule has 0 fully saturated rings. The van der Waals surface area contributed by atoms with Crippen LogP contribution in [0.25, 0.3) is 17.0 Å². The molecule has 1 heterocycles. The van der Waals surface area contributed by atoms with Gasteiger partial charge in [-0.15, -0.1) is 6.58 Å². The zero-order valence-electron chi connectivity index (χ0n) is 19.8. The largest absolute Gasteiger partial charge is 0.487 e. The first-order valence-corrected chi connectivity index (χ1v) is 12.4. The normalized spacial score (nSPS) is 11.2. The van der Waals surface area contributed by atoms with Crippen LogP contribution in [0.1, 0.15) is 22.3 Å². The summed E-state index contributed by atoms with van der Waals surface area (Å²) in [4.78, 5) is 16.0. The van der Waals surface area contributed by atoms with Crippen LogP contribution >= 0.6 is 15.9 Å². The van der Waals surface area contributed by atoms with E-state index >= 15 is 0 Å². The fourth-order valence-electron chi connectivity index (χ4n) is 4.02. The maximum atomic E-state index is 12.7. The summed E-state index contributed by atoms with van der Waals surface area (Å²) in [6, 6.07) is 23.8. The molecule has 4 rings (SSSR count). The molecule has 0 spiro atoms. The van der Waals surface area contributed by atoms with Crippen molar-refractivity contribution < 1.29 is 9.53 Å². The number of H-pyrrole nitrogens is 1. The van der Waals surface area contributed by atoms with Crippen molar-refractivity contribution in [3.05, 3.63) is 118 Å². The molecule has 36 heavy (non-hydrogen) atoms. The number of aromatic amines is 1. The number of hydrogen-bond acceptors (Lipinski definition) is 3. The number of fused-ring (bicyclic) bond motifs is 1. The van der Waals surface area contributed by atoms with E-state index in [9.17, 15) is 10.1 Å². The average molecular weight is 540 g/mol. The Morgan fingerprint density at radius 3 is 2.67 bits per heavy atom. The van der Waals surface area contributed by atoms with Gasteiger partial charge in [0, 0.05) is 23.6 Å². The van der Waals surface area contributed by atoms with E-state index in [1.165, 1.54) is 0 Å². The number of aromatic nitrogens is 1. The van der Waals surface area contributed by atoms with Gasteiger partial charge >= 0.3 is 0 Å². The molecule has 0 aliphatic heterocycles. The quantitative estimate of drug-likeness (QED) is 0.137. The van der Waals surface area contributed by atoms with Crippen LogP contribution in [-0.2, 0) is 24.2 Å². The van der Waals surface area contributed by atoms with Crippen molar-refractivity contribution in [1.29, 1.82) is 5.26 Å². The van der Waals surface area contributed by atoms with Gasteiger partial charge in [-0.05, 0) is 75.3 Å². The number of halogens is 1. The molecule has 3 aromatic carbocycles. The summed E-state index contributed by atoms with van der Waals surface area (Å²) < 4.78 is 6.85. The van der Waals surface area contributed by atoms with Crippen molar-refractivity contribution in [2.45, 2.75) is 19.4 Å². The van der Waals surface area contributed by atoms with E-state index in [-0.39, 0.29) is 5.57 Å². The molecule has 1 amide bonds. The number of carbonyl (C=O) groups excluding carboxylic acids is 1. The fraction of sp³-hybridized carbons (Fsp3) is 0.133. The highest BCUT2D eigenvalue weighted by molar-refractivity contribution is 9.10. The molecular formula is C30H26BrN3O2. The third-order valence-electron chi connectivity index (χ3n) is 5.76. The lowest BCUT2D eigenvalue weighted by Gasteiger charge is -2.14. The van der Waals surface area contributed by atoms with Crippen LogP contribution in [0.4, 0.5) is 0 Å². The maximum Gasteiger partial charge on any atom is 0.261 e. The van der Waals surface area contributed by atoms with Crippen LogP contribution in [-0.4, -0.2) is 17.4 Å². The van der Waals surface area contributed by atoms with E-state index in [1.807, 2.05) is 72.9 Å². The molecule has 1 aromatic heterocycles. The van der Waals surface area contributed by atoms with Crippen LogP contribution in [0.3, 0.4) is 0 Å². The number of benzene rings is 3. The number of nitrogens with zero attached hydrogens (tertiary/aromatic N) is 1. The lowest BCUT2D eigenvalue weighted by Crippen LogP contribution is -2.26. The molecule has 0 radical (unpaired) electrons. The number of ether oxygens (including phenoxy) is 1. The smallest absolute Gasteiger partial charge is 0.261 e. The van der Waals surface area contributed by atoms with Crippen LogP contribution in [0.5, 0.6) is 5.75 Å². The van der Waals surface area contributed by atoms with Crippen LogP contribution in [0.2, 0.25) is 0 Å². The zero-order valence-corrected chi connectivity index (χ0v) is 21.3. The molecule has 5 nitrogen and oxygen atoms in total. The molecule has 4 aromatic rings. The summed E-state index contributed by atoms with van der Waals surface area (Å²) in [5, 5.41) is 13.7. The van der Waals surface area contributed by atoms with Crippen LogP contribution in [0, 0.1) is 11.3 Å². The lowest BCUT2D eigenvalue weighted by atomic mass is 10.0. The van der Waals surface area contributed by atoms with E-state index in [0.29, 0.717) is 26.0 Å². The van der Waals surface area contributed by atoms with Gasteiger partial charge in [-0.1, -0.05) is 54.6 Å². The van der Waals surface area contributed by atoms with Gasteiger partial charge in [0.1, 0.15) is 24.0 Å². The molecule has 0 atom stereocenters. The number of allylic oxidation sites excluding steroid dienone is 1. The predicted molar refractivity (Wildman–Crippen MR) is 147 cm³/mol. The third kappa shape index (κ3) is 6.12. The standard InChI is InChI=1S/C30H26BrN3O2/c1-2-8-23-15-22(17-27(31)29(23)36-20-21-9-4-3-5-10-21)16-25(18-32)30(35)33-14-13-24-19-34-28-12-7-6-11-26(24)28/h2-7,9-12,15-17,19,34H,1,8,13-14,20H2,(H,33,35)/b25-16-. The summed E-state index contributed by atoms with van der Waals surface area (Å²) in [5.74, 6) is 0.320. The Morgan fingerprint density at radius 2 is 1.89 bits per heavy atom. The summed E-state index contributed by atoms with van der Waals surface area (Å²) in [7, 11) is 0. The highest BCUT2D eigenvalue weighted by Crippen LogP contribution is 2.33. The molecule has 0 aliphatic carbocycles. The second kappa shape index (κ2) is 12.1. The number of para-hydroxylation sites is 1. The Bertz CT molecular complexity index is 1450. The van der Waals surface area contributed by atoms with Crippen molar-refractivity contribution in [2.75, 3.05) is 6.54 Å². The Morgan fingerprint density at radius 1 is 1.11 bits per heavy atom. The van der Waals surface area contributed by atoms with Crippen molar-refractivity contribution >= 4 is 38.8 Å². The number of rotatable bonds is 10. The van der Waals surface area contributed by atoms with Gasteiger partial charge in [-0.3, -0.25) is 4.79 Å². The van der Waals surface area contributed by atoms with Gasteiger partial charge < -0.3 is 15.0 Å². The van der Waals surface area contributed by atoms with Crippen molar-refractivity contribution in [2.24, 2.45) is 0 Å². The van der Waals surface area contributed by atoms with Gasteiger partial charge in [0.25, 0.3) is 5.91 Å². The molecule has 180 valence electrons. The number of nitriles is 1. The molecule has 0 bridgehead atoms. The second-order valence-corrected chi connectivity index (χ2v) is 9.15. The van der Waals surface area contributed by atoms with Crippen molar-refractivity contribution in [1.82, 2.24) is 10.3 Å². The van der Waals surface area contributed by atoms with E-state index in [4.69, 9.17) is 4.74 Å². The highest BCUT2D eigenvalue weighted by atomic mass is 79.9. The van der Waals surface area contributed by atoms with E-state index < -0.39 is 5.91 Å². The molecule has 6 heteroatoms. The number of amides is 1. The molecule has 0 saturated carbocycles. The fourth-order valence-corrected chi connectivity index (χ4v) is 4.65. The number of hydrogen-bond donors (Lipinski definition) is 2. The molecule has 0 saturated heterocycles. The molecular weight excluding hydrogens is 514 g/mol. The van der Waals surface area contributed by atoms with Gasteiger partial charge in [-0.25, -0.2) is 0 Å². The van der Waals surface area contributed by atoms with Crippen LogP contribution in [0.15, 0.2) is 95.6 Å². The van der Waals surface area contributed by atoms with Gasteiger partial charge in [0.15, 0.2) is 0 Å². The Kier molecular flexibility index (Phi) is 8.38. The van der Waals surface area contributed by atoms with E-state index in [1.54, 1.807) is 12.2 Å². The SMILES string of the molecule is C=CCc1cc(/C=C(/C#N)C(=O)NCCc2c[nH]c3ccccc23)cc(Br)c1OCc1ccccc1. The topological polar surface area (TPSA) is 77.9 Å². The number of nitrogens with one attached hydrogen (secondary N) is 2. The van der Waals surface area contributed by atoms with Crippen molar-refractivity contribution in [3.63, 3.8) is 0 Å². The Balaban J connectivity index is 1.46. The van der Waals surface area contributed by atoms with Gasteiger partial charge in [0.2, 0.25) is 0 Å². The minimum absolute atomic E-state index is 0.0448. The molecule has 0 aliphatic rings. The van der Waals surface area contributed by atoms with E-state index in [2.05, 4.69) is 38.9 Å². The third-order valence-corrected chi connectivity index (χ3v) is 6.35. The lowest BCUT2D eigenvalue weighted by molar-refractivity contribution is -0.117. The van der Waals surface area contributed by atoms with Gasteiger partial charge in [-0.2, -0.15) is 5.26 Å². The Labute approximate surface area is 219 Å².